The van der Waals surface area contributed by atoms with Crippen LogP contribution in [0.2, 0.25) is 0 Å². The van der Waals surface area contributed by atoms with Gasteiger partial charge in [0, 0.05) is 28.1 Å². The molecule has 3 N–H and O–H groups in total. The van der Waals surface area contributed by atoms with E-state index >= 15 is 0 Å². The number of hydrogen-bond acceptors (Lipinski definition) is 4. The molecule has 0 aliphatic heterocycles. The average molecular weight is 238 g/mol. The quantitative estimate of drug-likeness (QED) is 0.843. The van der Waals surface area contributed by atoms with E-state index in [2.05, 4.69) is 4.98 Å². The summed E-state index contributed by atoms with van der Waals surface area (Å²) >= 11 is 1.85. The maximum absolute atomic E-state index is 9.29. The van der Waals surface area contributed by atoms with E-state index in [0.29, 0.717) is 5.25 Å². The molecule has 2 atom stereocenters. The maximum Gasteiger partial charge on any atom is 0.0611 e. The Morgan fingerprint density at radius 1 is 1.50 bits per heavy atom. The summed E-state index contributed by atoms with van der Waals surface area (Å²) in [7, 11) is 0. The summed E-state index contributed by atoms with van der Waals surface area (Å²) < 4.78 is 0. The molecule has 0 saturated heterocycles. The Bertz CT molecular complexity index is 333. The second-order valence-corrected chi connectivity index (χ2v) is 5.91. The molecule has 1 aliphatic rings. The van der Waals surface area contributed by atoms with Crippen molar-refractivity contribution in [1.29, 1.82) is 0 Å². The van der Waals surface area contributed by atoms with Crippen molar-refractivity contribution < 1.29 is 5.11 Å². The second kappa shape index (κ2) is 5.17. The van der Waals surface area contributed by atoms with Crippen molar-refractivity contribution in [3.8, 4) is 0 Å². The highest BCUT2D eigenvalue weighted by Crippen LogP contribution is 2.36. The molecule has 1 fully saturated rings. The molecule has 0 aromatic carbocycles. The Kier molecular flexibility index (Phi) is 3.84. The van der Waals surface area contributed by atoms with Crippen LogP contribution in [-0.4, -0.2) is 27.5 Å². The van der Waals surface area contributed by atoms with Gasteiger partial charge in [-0.05, 0) is 31.4 Å². The van der Waals surface area contributed by atoms with Crippen molar-refractivity contribution in [2.45, 2.75) is 41.4 Å². The molecule has 1 heterocycles. The van der Waals surface area contributed by atoms with Gasteiger partial charge < -0.3 is 10.8 Å². The van der Waals surface area contributed by atoms with Crippen LogP contribution in [0.3, 0.4) is 0 Å². The molecule has 3 nitrogen and oxygen atoms in total. The molecular weight excluding hydrogens is 220 g/mol. The van der Waals surface area contributed by atoms with E-state index in [-0.39, 0.29) is 12.1 Å². The summed E-state index contributed by atoms with van der Waals surface area (Å²) in [6, 6.07) is 4.05. The predicted octanol–water partition coefficient (Wildman–Crippen LogP) is 1.81. The molecule has 0 spiro atoms. The molecular formula is C12H18N2OS. The fraction of sp³-hybridized carbons (Fsp3) is 0.583. The first-order valence-electron chi connectivity index (χ1n) is 5.68. The van der Waals surface area contributed by atoms with Gasteiger partial charge in [0.05, 0.1) is 6.61 Å². The number of nitrogens with two attached hydrogens (primary N) is 1. The summed E-state index contributed by atoms with van der Waals surface area (Å²) in [6.07, 6.45) is 7.76. The van der Waals surface area contributed by atoms with Crippen LogP contribution < -0.4 is 5.73 Å². The Balaban J connectivity index is 1.96. The third-order valence-corrected chi connectivity index (χ3v) is 4.38. The van der Waals surface area contributed by atoms with Gasteiger partial charge in [-0.25, -0.2) is 0 Å². The minimum atomic E-state index is -0.358. The van der Waals surface area contributed by atoms with Crippen LogP contribution in [0.5, 0.6) is 0 Å². The van der Waals surface area contributed by atoms with E-state index in [1.54, 1.807) is 0 Å². The zero-order valence-electron chi connectivity index (χ0n) is 9.30. The Morgan fingerprint density at radius 3 is 2.94 bits per heavy atom. The molecule has 1 aromatic rings. The summed E-state index contributed by atoms with van der Waals surface area (Å²) in [6.45, 7) is 0.0976. The number of pyridine rings is 1. The molecule has 88 valence electrons. The van der Waals surface area contributed by atoms with E-state index in [4.69, 9.17) is 5.73 Å². The van der Waals surface area contributed by atoms with E-state index < -0.39 is 0 Å². The summed E-state index contributed by atoms with van der Waals surface area (Å²) in [4.78, 5) is 5.24. The zero-order valence-corrected chi connectivity index (χ0v) is 10.1. The van der Waals surface area contributed by atoms with Crippen molar-refractivity contribution in [3.63, 3.8) is 0 Å². The lowest BCUT2D eigenvalue weighted by atomic mass is 9.83. The van der Waals surface area contributed by atoms with Gasteiger partial charge in [0.1, 0.15) is 0 Å². The van der Waals surface area contributed by atoms with E-state index in [0.717, 1.165) is 19.3 Å². The fourth-order valence-electron chi connectivity index (χ4n) is 2.19. The first kappa shape index (κ1) is 11.9. The zero-order chi connectivity index (χ0) is 11.4. The lowest BCUT2D eigenvalue weighted by molar-refractivity contribution is 0.159. The van der Waals surface area contributed by atoms with Gasteiger partial charge in [-0.1, -0.05) is 6.42 Å². The molecule has 0 radical (unpaired) electrons. The van der Waals surface area contributed by atoms with E-state index in [1.807, 2.05) is 36.3 Å². The summed E-state index contributed by atoms with van der Waals surface area (Å²) in [5.41, 5.74) is 5.77. The maximum atomic E-state index is 9.29. The molecule has 16 heavy (non-hydrogen) atoms. The van der Waals surface area contributed by atoms with Gasteiger partial charge in [0.15, 0.2) is 0 Å². The highest BCUT2D eigenvalue weighted by atomic mass is 32.2. The number of aromatic nitrogens is 1. The van der Waals surface area contributed by atoms with E-state index in [9.17, 15) is 5.11 Å². The SMILES string of the molecule is NC1(CO)CCCC(Sc2ccncc2)C1. The van der Waals surface area contributed by atoms with Crippen LogP contribution in [0.15, 0.2) is 29.4 Å². The van der Waals surface area contributed by atoms with Crippen LogP contribution in [0.1, 0.15) is 25.7 Å². The van der Waals surface area contributed by atoms with Gasteiger partial charge in [0.2, 0.25) is 0 Å². The minimum absolute atomic E-state index is 0.0976. The summed E-state index contributed by atoms with van der Waals surface area (Å²) in [5, 5.41) is 9.81. The number of rotatable bonds is 3. The molecule has 1 saturated carbocycles. The van der Waals surface area contributed by atoms with Crippen molar-refractivity contribution in [1.82, 2.24) is 4.98 Å². The number of thioether (sulfide) groups is 1. The molecule has 2 unspecified atom stereocenters. The largest absolute Gasteiger partial charge is 0.394 e. The van der Waals surface area contributed by atoms with E-state index in [1.165, 1.54) is 11.3 Å². The molecule has 0 bridgehead atoms. The van der Waals surface area contributed by atoms with Gasteiger partial charge in [-0.15, -0.1) is 11.8 Å². The van der Waals surface area contributed by atoms with Gasteiger partial charge in [-0.2, -0.15) is 0 Å². The van der Waals surface area contributed by atoms with Crippen LogP contribution in [0.4, 0.5) is 0 Å². The number of nitrogens with zero attached hydrogens (tertiary/aromatic N) is 1. The molecule has 4 heteroatoms. The Labute approximate surface area is 100 Å². The van der Waals surface area contributed by atoms with Crippen molar-refractivity contribution >= 4 is 11.8 Å². The molecule has 1 aromatic heterocycles. The topological polar surface area (TPSA) is 59.1 Å². The van der Waals surface area contributed by atoms with Gasteiger partial charge in [-0.3, -0.25) is 4.98 Å². The van der Waals surface area contributed by atoms with Crippen LogP contribution in [0.25, 0.3) is 0 Å². The third-order valence-electron chi connectivity index (χ3n) is 3.10. The second-order valence-electron chi connectivity index (χ2n) is 4.54. The first-order chi connectivity index (χ1) is 7.72. The number of hydrogen-bond donors (Lipinski definition) is 2. The predicted molar refractivity (Wildman–Crippen MR) is 66.4 cm³/mol. The van der Waals surface area contributed by atoms with Crippen molar-refractivity contribution in [2.75, 3.05) is 6.61 Å². The van der Waals surface area contributed by atoms with Crippen LogP contribution in [-0.2, 0) is 0 Å². The first-order valence-corrected chi connectivity index (χ1v) is 6.56. The van der Waals surface area contributed by atoms with Crippen molar-refractivity contribution in [2.24, 2.45) is 5.73 Å². The Hall–Kier alpha value is -0.580. The average Bonchev–Trinajstić information content (AvgIpc) is 2.30. The fourth-order valence-corrected chi connectivity index (χ4v) is 3.56. The third kappa shape index (κ3) is 2.97. The van der Waals surface area contributed by atoms with Gasteiger partial charge in [0.25, 0.3) is 0 Å². The van der Waals surface area contributed by atoms with Crippen LogP contribution in [0, 0.1) is 0 Å². The number of aliphatic hydroxyl groups excluding tert-OH is 1. The smallest absolute Gasteiger partial charge is 0.0611 e. The van der Waals surface area contributed by atoms with Gasteiger partial charge >= 0.3 is 0 Å². The monoisotopic (exact) mass is 238 g/mol. The number of aliphatic hydroxyl groups is 1. The minimum Gasteiger partial charge on any atom is -0.394 e. The highest BCUT2D eigenvalue weighted by molar-refractivity contribution is 8.00. The highest BCUT2D eigenvalue weighted by Gasteiger charge is 2.32. The lowest BCUT2D eigenvalue weighted by Gasteiger charge is -2.36. The molecule has 0 amide bonds. The van der Waals surface area contributed by atoms with Crippen LogP contribution >= 0.6 is 11.8 Å². The normalized spacial score (nSPS) is 30.2. The molecule has 2 rings (SSSR count). The van der Waals surface area contributed by atoms with Crippen molar-refractivity contribution in [3.05, 3.63) is 24.5 Å². The standard InChI is InChI=1S/C12H18N2OS/c13-12(9-15)5-1-2-11(8-12)16-10-3-6-14-7-4-10/h3-4,6-7,11,15H,1-2,5,8-9,13H2. The summed E-state index contributed by atoms with van der Waals surface area (Å²) in [5.74, 6) is 0. The Morgan fingerprint density at radius 2 is 2.25 bits per heavy atom. The lowest BCUT2D eigenvalue weighted by Crippen LogP contribution is -2.48. The molecule has 1 aliphatic carbocycles.